The standard InChI is InChI=1S/C16H25N3O.ClH/c1-13-4-3-9-19(11-13)12-14-5-7-15(8-6-14)18-16(20)10-17-2;/h5-8,13,17H,3-4,9-12H2,1-2H3,(H,18,20);1H. The first-order valence-electron chi connectivity index (χ1n) is 7.43. The molecule has 5 heteroatoms. The fourth-order valence-electron chi connectivity index (χ4n) is 2.75. The van der Waals surface area contributed by atoms with Gasteiger partial charge in [-0.05, 0) is 50.0 Å². The molecule has 118 valence electrons. The van der Waals surface area contributed by atoms with Gasteiger partial charge in [0.25, 0.3) is 0 Å². The highest BCUT2D eigenvalue weighted by atomic mass is 35.5. The maximum atomic E-state index is 11.5. The van der Waals surface area contributed by atoms with E-state index in [-0.39, 0.29) is 18.3 Å². The van der Waals surface area contributed by atoms with Gasteiger partial charge in [-0.2, -0.15) is 0 Å². The van der Waals surface area contributed by atoms with E-state index in [1.54, 1.807) is 7.05 Å². The molecular formula is C16H26ClN3O. The number of rotatable bonds is 5. The van der Waals surface area contributed by atoms with Gasteiger partial charge in [0, 0.05) is 18.8 Å². The summed E-state index contributed by atoms with van der Waals surface area (Å²) in [6.45, 7) is 6.07. The number of nitrogens with zero attached hydrogens (tertiary/aromatic N) is 1. The number of hydrogen-bond acceptors (Lipinski definition) is 3. The highest BCUT2D eigenvalue weighted by Crippen LogP contribution is 2.18. The number of hydrogen-bond donors (Lipinski definition) is 2. The monoisotopic (exact) mass is 311 g/mol. The number of piperidine rings is 1. The largest absolute Gasteiger partial charge is 0.325 e. The van der Waals surface area contributed by atoms with Crippen molar-refractivity contribution in [2.75, 3.05) is 32.0 Å². The lowest BCUT2D eigenvalue weighted by Gasteiger charge is -2.30. The number of benzene rings is 1. The Labute approximate surface area is 133 Å². The minimum absolute atomic E-state index is 0. The van der Waals surface area contributed by atoms with Gasteiger partial charge in [0.05, 0.1) is 6.54 Å². The third-order valence-corrected chi connectivity index (χ3v) is 3.72. The molecule has 2 N–H and O–H groups in total. The molecule has 1 unspecified atom stereocenters. The molecule has 0 saturated carbocycles. The SMILES string of the molecule is CNCC(=O)Nc1ccc(CN2CCCC(C)C2)cc1.Cl. The lowest BCUT2D eigenvalue weighted by Crippen LogP contribution is -2.33. The molecule has 1 aliphatic heterocycles. The second kappa shape index (κ2) is 9.03. The topological polar surface area (TPSA) is 44.4 Å². The average Bonchev–Trinajstić information content (AvgIpc) is 2.41. The first-order chi connectivity index (χ1) is 9.67. The van der Waals surface area contributed by atoms with Crippen LogP contribution in [-0.4, -0.2) is 37.5 Å². The number of nitrogens with one attached hydrogen (secondary N) is 2. The van der Waals surface area contributed by atoms with Crippen molar-refractivity contribution in [1.29, 1.82) is 0 Å². The van der Waals surface area contributed by atoms with E-state index in [1.165, 1.54) is 31.5 Å². The molecule has 0 aromatic heterocycles. The molecule has 1 atom stereocenters. The van der Waals surface area contributed by atoms with Crippen molar-refractivity contribution in [2.24, 2.45) is 5.92 Å². The van der Waals surface area contributed by atoms with Crippen molar-refractivity contribution in [3.8, 4) is 0 Å². The van der Waals surface area contributed by atoms with Crippen LogP contribution in [0.25, 0.3) is 0 Å². The second-order valence-electron chi connectivity index (χ2n) is 5.76. The first-order valence-corrected chi connectivity index (χ1v) is 7.43. The first kappa shape index (κ1) is 18.0. The van der Waals surface area contributed by atoms with Crippen LogP contribution in [-0.2, 0) is 11.3 Å². The Balaban J connectivity index is 0.00000220. The van der Waals surface area contributed by atoms with Gasteiger partial charge >= 0.3 is 0 Å². The fourth-order valence-corrected chi connectivity index (χ4v) is 2.75. The maximum Gasteiger partial charge on any atom is 0.238 e. The van der Waals surface area contributed by atoms with E-state index in [4.69, 9.17) is 0 Å². The number of carbonyl (C=O) groups is 1. The Bertz CT molecular complexity index is 436. The average molecular weight is 312 g/mol. The van der Waals surface area contributed by atoms with Crippen LogP contribution in [0.2, 0.25) is 0 Å². The van der Waals surface area contributed by atoms with Crippen molar-refractivity contribution in [3.05, 3.63) is 29.8 Å². The van der Waals surface area contributed by atoms with Crippen molar-refractivity contribution >= 4 is 24.0 Å². The summed E-state index contributed by atoms with van der Waals surface area (Å²) < 4.78 is 0. The van der Waals surface area contributed by atoms with E-state index in [0.717, 1.165) is 18.2 Å². The van der Waals surface area contributed by atoms with Crippen LogP contribution in [0.3, 0.4) is 0 Å². The molecule has 0 radical (unpaired) electrons. The summed E-state index contributed by atoms with van der Waals surface area (Å²) in [6.07, 6.45) is 2.66. The lowest BCUT2D eigenvalue weighted by molar-refractivity contribution is -0.115. The van der Waals surface area contributed by atoms with Crippen molar-refractivity contribution in [2.45, 2.75) is 26.3 Å². The number of halogens is 1. The van der Waals surface area contributed by atoms with Crippen LogP contribution in [0.4, 0.5) is 5.69 Å². The summed E-state index contributed by atoms with van der Waals surface area (Å²) in [5.41, 5.74) is 2.17. The number of likely N-dealkylation sites (tertiary alicyclic amines) is 1. The predicted molar refractivity (Wildman–Crippen MR) is 89.9 cm³/mol. The fraction of sp³-hybridized carbons (Fsp3) is 0.562. The van der Waals surface area contributed by atoms with Gasteiger partial charge in [0.2, 0.25) is 5.91 Å². The molecule has 1 fully saturated rings. The third-order valence-electron chi connectivity index (χ3n) is 3.72. The molecule has 4 nitrogen and oxygen atoms in total. The van der Waals surface area contributed by atoms with Crippen LogP contribution in [0, 0.1) is 5.92 Å². The zero-order valence-electron chi connectivity index (χ0n) is 12.9. The number of carbonyl (C=O) groups excluding carboxylic acids is 1. The third kappa shape index (κ3) is 6.04. The quantitative estimate of drug-likeness (QED) is 0.878. The molecular weight excluding hydrogens is 286 g/mol. The molecule has 0 spiro atoms. The van der Waals surface area contributed by atoms with E-state index in [2.05, 4.69) is 34.6 Å². The summed E-state index contributed by atoms with van der Waals surface area (Å²) >= 11 is 0. The van der Waals surface area contributed by atoms with E-state index in [9.17, 15) is 4.79 Å². The molecule has 0 bridgehead atoms. The minimum atomic E-state index is -0.00916. The number of likely N-dealkylation sites (N-methyl/N-ethyl adjacent to an activating group) is 1. The van der Waals surface area contributed by atoms with Gasteiger partial charge in [0.15, 0.2) is 0 Å². The van der Waals surface area contributed by atoms with Crippen molar-refractivity contribution < 1.29 is 4.79 Å². The molecule has 1 aromatic rings. The Morgan fingerprint density at radius 2 is 2.05 bits per heavy atom. The molecule has 1 saturated heterocycles. The summed E-state index contributed by atoms with van der Waals surface area (Å²) in [5.74, 6) is 0.800. The number of anilines is 1. The summed E-state index contributed by atoms with van der Waals surface area (Å²) in [6, 6.07) is 8.18. The zero-order chi connectivity index (χ0) is 14.4. The van der Waals surface area contributed by atoms with Gasteiger partial charge in [0.1, 0.15) is 0 Å². The van der Waals surface area contributed by atoms with Crippen molar-refractivity contribution in [1.82, 2.24) is 10.2 Å². The van der Waals surface area contributed by atoms with Crippen LogP contribution in [0.15, 0.2) is 24.3 Å². The van der Waals surface area contributed by atoms with E-state index >= 15 is 0 Å². The molecule has 1 aromatic carbocycles. The molecule has 1 aliphatic rings. The molecule has 21 heavy (non-hydrogen) atoms. The van der Waals surface area contributed by atoms with Crippen molar-refractivity contribution in [3.63, 3.8) is 0 Å². The van der Waals surface area contributed by atoms with E-state index in [0.29, 0.717) is 6.54 Å². The maximum absolute atomic E-state index is 11.5. The summed E-state index contributed by atoms with van der Waals surface area (Å²) in [5, 5.41) is 5.70. The molecule has 0 aliphatic carbocycles. The summed E-state index contributed by atoms with van der Waals surface area (Å²) in [4.78, 5) is 14.0. The van der Waals surface area contributed by atoms with Gasteiger partial charge in [-0.25, -0.2) is 0 Å². The lowest BCUT2D eigenvalue weighted by atomic mass is 10.00. The summed E-state index contributed by atoms with van der Waals surface area (Å²) in [7, 11) is 1.77. The van der Waals surface area contributed by atoms with Gasteiger partial charge in [-0.1, -0.05) is 19.1 Å². The van der Waals surface area contributed by atoms with E-state index < -0.39 is 0 Å². The van der Waals surface area contributed by atoms with Gasteiger partial charge in [-0.15, -0.1) is 12.4 Å². The Kier molecular flexibility index (Phi) is 7.72. The normalized spacial score (nSPS) is 18.9. The van der Waals surface area contributed by atoms with Crippen LogP contribution < -0.4 is 10.6 Å². The smallest absolute Gasteiger partial charge is 0.238 e. The van der Waals surface area contributed by atoms with Gasteiger partial charge < -0.3 is 10.6 Å². The van der Waals surface area contributed by atoms with Crippen LogP contribution >= 0.6 is 12.4 Å². The highest BCUT2D eigenvalue weighted by molar-refractivity contribution is 5.92. The highest BCUT2D eigenvalue weighted by Gasteiger charge is 2.16. The second-order valence-corrected chi connectivity index (χ2v) is 5.76. The van der Waals surface area contributed by atoms with Crippen LogP contribution in [0.1, 0.15) is 25.3 Å². The Morgan fingerprint density at radius 3 is 2.67 bits per heavy atom. The Hall–Kier alpha value is -1.10. The molecule has 1 heterocycles. The molecule has 1 amide bonds. The van der Waals surface area contributed by atoms with Crippen LogP contribution in [0.5, 0.6) is 0 Å². The van der Waals surface area contributed by atoms with E-state index in [1.807, 2.05) is 12.1 Å². The Morgan fingerprint density at radius 1 is 1.33 bits per heavy atom. The number of amides is 1. The van der Waals surface area contributed by atoms with Gasteiger partial charge in [-0.3, -0.25) is 9.69 Å². The zero-order valence-corrected chi connectivity index (χ0v) is 13.7. The predicted octanol–water partition coefficient (Wildman–Crippen LogP) is 2.50. The molecule has 2 rings (SSSR count). The minimum Gasteiger partial charge on any atom is -0.325 e.